The maximum atomic E-state index is 13.8. The summed E-state index contributed by atoms with van der Waals surface area (Å²) in [6.45, 7) is 3.66. The Morgan fingerprint density at radius 1 is 1.04 bits per heavy atom. The minimum Gasteiger partial charge on any atom is -0.339 e. The summed E-state index contributed by atoms with van der Waals surface area (Å²) in [7, 11) is 0. The van der Waals surface area contributed by atoms with Gasteiger partial charge in [-0.1, -0.05) is 0 Å². The lowest BCUT2D eigenvalue weighted by molar-refractivity contribution is -0.135. The first kappa shape index (κ1) is 20.0. The van der Waals surface area contributed by atoms with E-state index in [1.165, 1.54) is 11.0 Å². The molecule has 3 fully saturated rings. The van der Waals surface area contributed by atoms with Crippen LogP contribution in [-0.4, -0.2) is 60.9 Å². The first-order valence-electron chi connectivity index (χ1n) is 9.24. The average molecular weight is 400 g/mol. The SMILES string of the molecule is Cl.O=C(c1ccc(F)cc1F)N1CCN(C(=O)C2CC23CCNCC3)CC1. The number of nitrogens with one attached hydrogen (secondary N) is 1. The fourth-order valence-electron chi connectivity index (χ4n) is 4.36. The summed E-state index contributed by atoms with van der Waals surface area (Å²) >= 11 is 0. The molecule has 3 aliphatic rings. The number of hydrogen-bond donors (Lipinski definition) is 1. The minimum absolute atomic E-state index is 0. The lowest BCUT2D eigenvalue weighted by Crippen LogP contribution is -2.51. The third kappa shape index (κ3) is 3.80. The minimum atomic E-state index is -0.848. The molecule has 1 N–H and O–H groups in total. The third-order valence-electron chi connectivity index (χ3n) is 6.13. The highest BCUT2D eigenvalue weighted by atomic mass is 35.5. The van der Waals surface area contributed by atoms with Crippen molar-refractivity contribution in [1.82, 2.24) is 15.1 Å². The van der Waals surface area contributed by atoms with Crippen LogP contribution in [0.15, 0.2) is 18.2 Å². The van der Waals surface area contributed by atoms with Crippen LogP contribution in [0.5, 0.6) is 0 Å². The molecule has 1 unspecified atom stereocenters. The highest BCUT2D eigenvalue weighted by Crippen LogP contribution is 2.59. The summed E-state index contributed by atoms with van der Waals surface area (Å²) in [6.07, 6.45) is 3.10. The van der Waals surface area contributed by atoms with Gasteiger partial charge in [-0.05, 0) is 49.9 Å². The Bertz CT molecular complexity index is 732. The number of carbonyl (C=O) groups excluding carboxylic acids is 2. The van der Waals surface area contributed by atoms with Crippen molar-refractivity contribution in [3.8, 4) is 0 Å². The number of hydrogen-bond acceptors (Lipinski definition) is 3. The Balaban J connectivity index is 0.00000210. The van der Waals surface area contributed by atoms with Gasteiger partial charge in [0.1, 0.15) is 11.6 Å². The molecule has 1 aliphatic carbocycles. The van der Waals surface area contributed by atoms with Crippen molar-refractivity contribution >= 4 is 24.2 Å². The van der Waals surface area contributed by atoms with Crippen molar-refractivity contribution in [3.63, 3.8) is 0 Å². The fourth-order valence-corrected chi connectivity index (χ4v) is 4.36. The van der Waals surface area contributed by atoms with Crippen molar-refractivity contribution in [3.05, 3.63) is 35.4 Å². The van der Waals surface area contributed by atoms with Gasteiger partial charge in [-0.2, -0.15) is 0 Å². The summed E-state index contributed by atoms with van der Waals surface area (Å²) in [4.78, 5) is 28.6. The van der Waals surface area contributed by atoms with Gasteiger partial charge in [-0.3, -0.25) is 9.59 Å². The topological polar surface area (TPSA) is 52.7 Å². The van der Waals surface area contributed by atoms with Crippen molar-refractivity contribution < 1.29 is 18.4 Å². The van der Waals surface area contributed by atoms with Gasteiger partial charge in [0, 0.05) is 38.2 Å². The maximum Gasteiger partial charge on any atom is 0.256 e. The van der Waals surface area contributed by atoms with Crippen molar-refractivity contribution in [2.24, 2.45) is 11.3 Å². The predicted molar refractivity (Wildman–Crippen MR) is 98.7 cm³/mol. The molecule has 0 bridgehead atoms. The van der Waals surface area contributed by atoms with Crippen LogP contribution in [-0.2, 0) is 4.79 Å². The van der Waals surface area contributed by atoms with Crippen LogP contribution in [0.1, 0.15) is 29.6 Å². The smallest absolute Gasteiger partial charge is 0.256 e. The summed E-state index contributed by atoms with van der Waals surface area (Å²) in [5, 5.41) is 3.34. The van der Waals surface area contributed by atoms with E-state index >= 15 is 0 Å². The lowest BCUT2D eigenvalue weighted by Gasteiger charge is -2.35. The molecule has 2 saturated heterocycles. The number of rotatable bonds is 2. The highest BCUT2D eigenvalue weighted by Gasteiger charge is 2.58. The summed E-state index contributed by atoms with van der Waals surface area (Å²) < 4.78 is 26.8. The number of carbonyl (C=O) groups is 2. The van der Waals surface area contributed by atoms with Gasteiger partial charge < -0.3 is 15.1 Å². The van der Waals surface area contributed by atoms with E-state index in [1.807, 2.05) is 4.90 Å². The molecule has 2 aliphatic heterocycles. The third-order valence-corrected chi connectivity index (χ3v) is 6.13. The van der Waals surface area contributed by atoms with E-state index in [0.29, 0.717) is 26.2 Å². The number of nitrogens with zero attached hydrogens (tertiary/aromatic N) is 2. The second-order valence-corrected chi connectivity index (χ2v) is 7.61. The van der Waals surface area contributed by atoms with Gasteiger partial charge >= 0.3 is 0 Å². The molecule has 4 rings (SSSR count). The lowest BCUT2D eigenvalue weighted by atomic mass is 9.91. The number of benzene rings is 1. The van der Waals surface area contributed by atoms with Gasteiger partial charge in [0.25, 0.3) is 5.91 Å². The Hall–Kier alpha value is -1.73. The monoisotopic (exact) mass is 399 g/mol. The van der Waals surface area contributed by atoms with Crippen LogP contribution in [0.25, 0.3) is 0 Å². The number of amides is 2. The Morgan fingerprint density at radius 2 is 1.67 bits per heavy atom. The van der Waals surface area contributed by atoms with E-state index in [0.717, 1.165) is 44.5 Å². The molecule has 1 atom stereocenters. The van der Waals surface area contributed by atoms with Crippen molar-refractivity contribution in [2.45, 2.75) is 19.3 Å². The normalized spacial score (nSPS) is 23.7. The second-order valence-electron chi connectivity index (χ2n) is 7.61. The first-order chi connectivity index (χ1) is 12.5. The van der Waals surface area contributed by atoms with Crippen molar-refractivity contribution in [1.29, 1.82) is 0 Å². The molecule has 2 heterocycles. The molecular formula is C19H24ClF2N3O2. The van der Waals surface area contributed by atoms with E-state index in [-0.39, 0.29) is 35.2 Å². The van der Waals surface area contributed by atoms with E-state index in [2.05, 4.69) is 5.32 Å². The molecule has 1 spiro atoms. The molecule has 1 aromatic carbocycles. The van der Waals surface area contributed by atoms with Gasteiger partial charge in [0.15, 0.2) is 0 Å². The Morgan fingerprint density at radius 3 is 2.30 bits per heavy atom. The molecule has 27 heavy (non-hydrogen) atoms. The fraction of sp³-hybridized carbons (Fsp3) is 0.579. The van der Waals surface area contributed by atoms with Gasteiger partial charge in [-0.25, -0.2) is 8.78 Å². The summed E-state index contributed by atoms with van der Waals surface area (Å²) in [5.74, 6) is -1.67. The zero-order valence-electron chi connectivity index (χ0n) is 15.0. The molecule has 0 aromatic heterocycles. The summed E-state index contributed by atoms with van der Waals surface area (Å²) in [5.41, 5.74) is 0.0778. The van der Waals surface area contributed by atoms with E-state index < -0.39 is 17.5 Å². The molecule has 148 valence electrons. The van der Waals surface area contributed by atoms with Crippen LogP contribution in [0.2, 0.25) is 0 Å². The molecule has 0 radical (unpaired) electrons. The zero-order valence-corrected chi connectivity index (χ0v) is 15.9. The van der Waals surface area contributed by atoms with Gasteiger partial charge in [0.05, 0.1) is 5.56 Å². The number of piperazine rings is 1. The second kappa shape index (κ2) is 7.72. The Labute approximate surface area is 163 Å². The molecule has 2 amide bonds. The van der Waals surface area contributed by atoms with E-state index in [9.17, 15) is 18.4 Å². The van der Waals surface area contributed by atoms with Crippen LogP contribution in [0.4, 0.5) is 8.78 Å². The van der Waals surface area contributed by atoms with E-state index in [4.69, 9.17) is 0 Å². The molecule has 1 aromatic rings. The van der Waals surface area contributed by atoms with E-state index in [1.54, 1.807) is 0 Å². The first-order valence-corrected chi connectivity index (χ1v) is 9.24. The quantitative estimate of drug-likeness (QED) is 0.828. The number of halogens is 3. The van der Waals surface area contributed by atoms with Gasteiger partial charge in [-0.15, -0.1) is 12.4 Å². The average Bonchev–Trinajstić information content (AvgIpc) is 3.34. The standard InChI is InChI=1S/C19H23F2N3O2.ClH/c20-13-1-2-14(16(21)11-13)17(25)23-7-9-24(10-8-23)18(26)15-12-19(15)3-5-22-6-4-19;/h1-2,11,15,22H,3-10,12H2;1H. The Kier molecular flexibility index (Phi) is 5.72. The molecule has 8 heteroatoms. The van der Waals surface area contributed by atoms with Crippen molar-refractivity contribution in [2.75, 3.05) is 39.3 Å². The predicted octanol–water partition coefficient (Wildman–Crippen LogP) is 2.06. The molecule has 1 saturated carbocycles. The largest absolute Gasteiger partial charge is 0.339 e. The highest BCUT2D eigenvalue weighted by molar-refractivity contribution is 5.94. The summed E-state index contributed by atoms with van der Waals surface area (Å²) in [6, 6.07) is 2.98. The van der Waals surface area contributed by atoms with Crippen LogP contribution >= 0.6 is 12.4 Å². The molecular weight excluding hydrogens is 376 g/mol. The van der Waals surface area contributed by atoms with Crippen LogP contribution in [0, 0.1) is 23.0 Å². The van der Waals surface area contributed by atoms with Crippen LogP contribution < -0.4 is 5.32 Å². The molecule has 5 nitrogen and oxygen atoms in total. The zero-order chi connectivity index (χ0) is 18.3. The van der Waals surface area contributed by atoms with Crippen LogP contribution in [0.3, 0.4) is 0 Å². The number of piperidine rings is 1. The maximum absolute atomic E-state index is 13.8. The van der Waals surface area contributed by atoms with Gasteiger partial charge in [0.2, 0.25) is 5.91 Å².